The van der Waals surface area contributed by atoms with E-state index in [0.29, 0.717) is 23.8 Å². The molecule has 4 heterocycles. The fourth-order valence-corrected chi connectivity index (χ4v) is 6.29. The quantitative estimate of drug-likeness (QED) is 0.106. The largest absolute Gasteiger partial charge is 0.340 e. The summed E-state index contributed by atoms with van der Waals surface area (Å²) in [5, 5.41) is 7.74. The van der Waals surface area contributed by atoms with Crippen molar-refractivity contribution in [1.29, 1.82) is 0 Å². The molecule has 0 saturated carbocycles. The van der Waals surface area contributed by atoms with Crippen LogP contribution in [0.15, 0.2) is 78.9 Å². The molecule has 7 nitrogen and oxygen atoms in total. The second-order valence-electron chi connectivity index (χ2n) is 12.3. The standard InChI is InChI=1S/C38H46FN7S/c1-8-11-15-32(30-21-28(22-31(39)23-30)24-40-47(5,6)7)35-26(4)41-38(43-35)37-36-34(44-45-37)17-16-33(42-36)29(10-3)20-27(9-2)25-46-18-13-12-14-19-46/h8-11,15-17,20-23,40H,2,5-6,12-14,18-19,24-25H2,1,3-4,7H3,(H,41,43)(H,44,45)/b11-8-,27-20+,29-10+,32-15-. The summed E-state index contributed by atoms with van der Waals surface area (Å²) in [6.07, 6.45) is 17.8. The van der Waals surface area contributed by atoms with E-state index in [1.54, 1.807) is 6.07 Å². The minimum atomic E-state index is -1.45. The molecule has 0 aliphatic carbocycles. The molecule has 1 aromatic carbocycles. The summed E-state index contributed by atoms with van der Waals surface area (Å²) in [6, 6.07) is 9.08. The Hall–Kier alpha value is -4.31. The number of piperidine rings is 1. The molecule has 4 aromatic rings. The number of nitrogens with zero attached hydrogens (tertiary/aromatic N) is 4. The topological polar surface area (TPSA) is 85.5 Å². The van der Waals surface area contributed by atoms with Crippen LogP contribution in [0, 0.1) is 12.7 Å². The number of aryl methyl sites for hydroxylation is 1. The lowest BCUT2D eigenvalue weighted by atomic mass is 9.98. The molecule has 0 atom stereocenters. The Morgan fingerprint density at radius 3 is 2.60 bits per heavy atom. The zero-order valence-electron chi connectivity index (χ0n) is 28.0. The zero-order chi connectivity index (χ0) is 33.6. The van der Waals surface area contributed by atoms with E-state index in [2.05, 4.69) is 55.3 Å². The number of allylic oxidation sites excluding steroid dienone is 6. The van der Waals surface area contributed by atoms with Crippen molar-refractivity contribution in [2.45, 2.75) is 46.6 Å². The summed E-state index contributed by atoms with van der Waals surface area (Å²) in [6.45, 7) is 13.6. The SMILES string of the molecule is C=C/C(=C\C(=C/C)c1ccc2[nH]nc(-c3nc(/C(=C\C=C/C)c4cc(F)cc(CNS(=C)(=C)C)c4)c(C)[nH]3)c2n1)CN1CCCCC1. The molecule has 1 aliphatic rings. The van der Waals surface area contributed by atoms with Gasteiger partial charge in [-0.1, -0.05) is 55.1 Å². The normalized spacial score (nSPS) is 15.6. The average Bonchev–Trinajstić information content (AvgIpc) is 3.65. The van der Waals surface area contributed by atoms with Crippen LogP contribution >= 0.6 is 9.39 Å². The van der Waals surface area contributed by atoms with E-state index in [1.807, 2.05) is 69.5 Å². The van der Waals surface area contributed by atoms with Crippen molar-refractivity contribution in [3.05, 3.63) is 113 Å². The van der Waals surface area contributed by atoms with E-state index in [9.17, 15) is 4.39 Å². The maximum Gasteiger partial charge on any atom is 0.161 e. The first-order valence-corrected chi connectivity index (χ1v) is 18.4. The Kier molecular flexibility index (Phi) is 10.9. The third-order valence-corrected chi connectivity index (χ3v) is 9.03. The van der Waals surface area contributed by atoms with E-state index in [4.69, 9.17) is 9.97 Å². The summed E-state index contributed by atoms with van der Waals surface area (Å²) >= 11 is 0. The van der Waals surface area contributed by atoms with Crippen molar-refractivity contribution in [3.63, 3.8) is 0 Å². The molecule has 47 heavy (non-hydrogen) atoms. The highest BCUT2D eigenvalue weighted by Crippen LogP contribution is 2.31. The number of benzene rings is 1. The van der Waals surface area contributed by atoms with Crippen LogP contribution in [0.25, 0.3) is 33.7 Å². The van der Waals surface area contributed by atoms with E-state index in [0.717, 1.165) is 64.3 Å². The van der Waals surface area contributed by atoms with E-state index >= 15 is 0 Å². The number of aromatic nitrogens is 5. The number of fused-ring (bicyclic) bond motifs is 1. The zero-order valence-corrected chi connectivity index (χ0v) is 28.8. The van der Waals surface area contributed by atoms with Gasteiger partial charge >= 0.3 is 0 Å². The van der Waals surface area contributed by atoms with Crippen LogP contribution in [0.1, 0.15) is 61.3 Å². The van der Waals surface area contributed by atoms with Gasteiger partial charge in [0.25, 0.3) is 0 Å². The van der Waals surface area contributed by atoms with Crippen molar-refractivity contribution < 1.29 is 4.39 Å². The third kappa shape index (κ3) is 8.54. The number of H-pyrrole nitrogens is 2. The second kappa shape index (κ2) is 15.1. The molecule has 1 fully saturated rings. The van der Waals surface area contributed by atoms with Crippen LogP contribution in [-0.2, 0) is 6.54 Å². The number of halogens is 1. The van der Waals surface area contributed by atoms with Crippen molar-refractivity contribution >= 4 is 43.3 Å². The molecule has 3 aromatic heterocycles. The Morgan fingerprint density at radius 2 is 1.89 bits per heavy atom. The number of hydrogen-bond donors (Lipinski definition) is 3. The molecular weight excluding hydrogens is 606 g/mol. The van der Waals surface area contributed by atoms with Gasteiger partial charge in [0.2, 0.25) is 0 Å². The number of aromatic amines is 2. The molecule has 5 rings (SSSR count). The number of hydrogen-bond acceptors (Lipinski definition) is 5. The Balaban J connectivity index is 1.50. The fourth-order valence-electron chi connectivity index (χ4n) is 5.78. The highest BCUT2D eigenvalue weighted by Gasteiger charge is 2.20. The Labute approximate surface area is 278 Å². The highest BCUT2D eigenvalue weighted by molar-refractivity contribution is 8.25. The van der Waals surface area contributed by atoms with Crippen molar-refractivity contribution in [2.24, 2.45) is 0 Å². The summed E-state index contributed by atoms with van der Waals surface area (Å²) in [7, 11) is -1.45. The summed E-state index contributed by atoms with van der Waals surface area (Å²) in [5.74, 6) is 8.43. The van der Waals surface area contributed by atoms with Crippen molar-refractivity contribution in [2.75, 3.05) is 25.9 Å². The van der Waals surface area contributed by atoms with Gasteiger partial charge in [0.05, 0.1) is 16.9 Å². The van der Waals surface area contributed by atoms with Gasteiger partial charge in [-0.25, -0.2) is 14.4 Å². The molecule has 0 unspecified atom stereocenters. The van der Waals surface area contributed by atoms with Gasteiger partial charge < -0.3 is 4.98 Å². The fraction of sp³-hybridized carbons (Fsp3) is 0.289. The van der Waals surface area contributed by atoms with E-state index < -0.39 is 9.39 Å². The van der Waals surface area contributed by atoms with E-state index in [1.165, 1.54) is 30.9 Å². The van der Waals surface area contributed by atoms with Crippen LogP contribution in [0.2, 0.25) is 0 Å². The summed E-state index contributed by atoms with van der Waals surface area (Å²) < 4.78 is 18.3. The molecule has 1 saturated heterocycles. The average molecular weight is 652 g/mol. The van der Waals surface area contributed by atoms with Gasteiger partial charge in [0.15, 0.2) is 11.5 Å². The van der Waals surface area contributed by atoms with Gasteiger partial charge in [-0.05, 0) is 112 Å². The van der Waals surface area contributed by atoms with Crippen LogP contribution < -0.4 is 4.72 Å². The number of rotatable bonds is 12. The summed E-state index contributed by atoms with van der Waals surface area (Å²) in [4.78, 5) is 16.0. The Bertz CT molecular complexity index is 1980. The molecule has 0 amide bonds. The van der Waals surface area contributed by atoms with Gasteiger partial charge in [-0.15, -0.1) is 0 Å². The molecule has 1 aliphatic heterocycles. The molecule has 0 spiro atoms. The van der Waals surface area contributed by atoms with E-state index in [-0.39, 0.29) is 5.82 Å². The lowest BCUT2D eigenvalue weighted by molar-refractivity contribution is 0.248. The monoisotopic (exact) mass is 651 g/mol. The second-order valence-corrected chi connectivity index (χ2v) is 15.1. The number of imidazole rings is 1. The first kappa shape index (κ1) is 34.0. The minimum Gasteiger partial charge on any atom is -0.340 e. The minimum absolute atomic E-state index is 0.316. The number of nitrogens with one attached hydrogen (secondary N) is 3. The van der Waals surface area contributed by atoms with Gasteiger partial charge in [0.1, 0.15) is 11.3 Å². The number of likely N-dealkylation sites (tertiary alicyclic amines) is 1. The number of pyridine rings is 1. The van der Waals surface area contributed by atoms with Crippen LogP contribution in [0.3, 0.4) is 0 Å². The van der Waals surface area contributed by atoms with Gasteiger partial charge in [0, 0.05) is 24.4 Å². The maximum absolute atomic E-state index is 14.9. The molecule has 9 heteroatoms. The first-order valence-electron chi connectivity index (χ1n) is 16.0. The Morgan fingerprint density at radius 1 is 1.11 bits per heavy atom. The van der Waals surface area contributed by atoms with Crippen molar-refractivity contribution in [1.82, 2.24) is 34.8 Å². The lowest BCUT2D eigenvalue weighted by Gasteiger charge is -2.26. The smallest absolute Gasteiger partial charge is 0.161 e. The molecular formula is C38H46FN7S. The van der Waals surface area contributed by atoms with Gasteiger partial charge in [-0.2, -0.15) is 14.5 Å². The van der Waals surface area contributed by atoms with Crippen LogP contribution in [-0.4, -0.2) is 67.7 Å². The predicted octanol–water partition coefficient (Wildman–Crippen LogP) is 8.11. The van der Waals surface area contributed by atoms with Crippen molar-refractivity contribution in [3.8, 4) is 11.5 Å². The summed E-state index contributed by atoms with van der Waals surface area (Å²) in [5.41, 5.74) is 9.08. The third-order valence-electron chi connectivity index (χ3n) is 8.19. The van der Waals surface area contributed by atoms with Gasteiger partial charge in [-0.3, -0.25) is 14.7 Å². The van der Waals surface area contributed by atoms with Crippen LogP contribution in [0.5, 0.6) is 0 Å². The molecule has 3 N–H and O–H groups in total. The molecule has 0 radical (unpaired) electrons. The molecule has 0 bridgehead atoms. The predicted molar refractivity (Wildman–Crippen MR) is 201 cm³/mol. The van der Waals surface area contributed by atoms with Crippen LogP contribution in [0.4, 0.5) is 4.39 Å². The maximum atomic E-state index is 14.9. The first-order chi connectivity index (χ1) is 22.6. The molecule has 246 valence electrons. The highest BCUT2D eigenvalue weighted by atomic mass is 32.2. The lowest BCUT2D eigenvalue weighted by Crippen LogP contribution is -2.31.